The summed E-state index contributed by atoms with van der Waals surface area (Å²) in [6, 6.07) is 0. The van der Waals surface area contributed by atoms with Gasteiger partial charge in [-0.2, -0.15) is 0 Å². The predicted molar refractivity (Wildman–Crippen MR) is 172 cm³/mol. The molecule has 1 amide bonds. The van der Waals surface area contributed by atoms with Gasteiger partial charge in [0.15, 0.2) is 0 Å². The lowest BCUT2D eigenvalue weighted by atomic mass is 10.0. The molecule has 0 heterocycles. The van der Waals surface area contributed by atoms with Crippen molar-refractivity contribution in [2.45, 2.75) is 219 Å². The molecular weight excluding hydrogens is 462 g/mol. The quantitative estimate of drug-likeness (QED) is 0.0832. The lowest BCUT2D eigenvalue weighted by molar-refractivity contribution is -0.121. The molecule has 38 heavy (non-hydrogen) atoms. The zero-order valence-electron chi connectivity index (χ0n) is 26.7. The van der Waals surface area contributed by atoms with Gasteiger partial charge in [0, 0.05) is 13.0 Å². The Balaban J connectivity index is 3.14. The number of rotatable bonds is 33. The summed E-state index contributed by atoms with van der Waals surface area (Å²) in [5.41, 5.74) is 0. The number of carbonyl (C=O) groups is 1. The second kappa shape index (κ2) is 34.5. The van der Waals surface area contributed by atoms with Crippen LogP contribution in [0.4, 0.5) is 0 Å². The van der Waals surface area contributed by atoms with Crippen molar-refractivity contribution < 1.29 is 4.79 Å². The van der Waals surface area contributed by atoms with Crippen LogP contribution in [0.3, 0.4) is 0 Å². The SMILES string of the molecule is CCCCCCCCCCCCCCCCCCCC(=O)NCCCCCCCCCCCCCCCC. The van der Waals surface area contributed by atoms with E-state index in [4.69, 9.17) is 0 Å². The van der Waals surface area contributed by atoms with Crippen molar-refractivity contribution in [2.75, 3.05) is 6.54 Å². The summed E-state index contributed by atoms with van der Waals surface area (Å²) < 4.78 is 0. The monoisotopic (exact) mass is 536 g/mol. The van der Waals surface area contributed by atoms with E-state index < -0.39 is 0 Å². The first-order valence-electron chi connectivity index (χ1n) is 18.1. The summed E-state index contributed by atoms with van der Waals surface area (Å²) in [5.74, 6) is 0.278. The minimum absolute atomic E-state index is 0.278. The number of hydrogen-bond acceptors (Lipinski definition) is 1. The number of carbonyl (C=O) groups excluding carboxylic acids is 1. The topological polar surface area (TPSA) is 29.1 Å². The van der Waals surface area contributed by atoms with Crippen LogP contribution in [0.2, 0.25) is 0 Å². The van der Waals surface area contributed by atoms with Crippen molar-refractivity contribution in [2.24, 2.45) is 0 Å². The van der Waals surface area contributed by atoms with E-state index in [2.05, 4.69) is 19.2 Å². The Kier molecular flexibility index (Phi) is 34.0. The van der Waals surface area contributed by atoms with Gasteiger partial charge in [0.2, 0.25) is 5.91 Å². The summed E-state index contributed by atoms with van der Waals surface area (Å²) in [4.78, 5) is 12.0. The molecular formula is C36H73NO. The molecule has 2 nitrogen and oxygen atoms in total. The van der Waals surface area contributed by atoms with Gasteiger partial charge in [-0.1, -0.05) is 200 Å². The lowest BCUT2D eigenvalue weighted by Gasteiger charge is -2.06. The average Bonchev–Trinajstić information content (AvgIpc) is 2.92. The van der Waals surface area contributed by atoms with Crippen LogP contribution in [0.25, 0.3) is 0 Å². The summed E-state index contributed by atoms with van der Waals surface area (Å²) in [7, 11) is 0. The van der Waals surface area contributed by atoms with Gasteiger partial charge in [-0.25, -0.2) is 0 Å². The molecule has 0 atom stereocenters. The van der Waals surface area contributed by atoms with Gasteiger partial charge in [-0.15, -0.1) is 0 Å². The van der Waals surface area contributed by atoms with Crippen LogP contribution in [0.15, 0.2) is 0 Å². The fourth-order valence-corrected chi connectivity index (χ4v) is 5.65. The highest BCUT2D eigenvalue weighted by atomic mass is 16.1. The molecule has 0 bridgehead atoms. The normalized spacial score (nSPS) is 11.3. The Hall–Kier alpha value is -0.530. The van der Waals surface area contributed by atoms with Gasteiger partial charge < -0.3 is 5.32 Å². The third kappa shape index (κ3) is 33.5. The number of hydrogen-bond donors (Lipinski definition) is 1. The molecule has 0 aromatic heterocycles. The first-order chi connectivity index (χ1) is 18.8. The van der Waals surface area contributed by atoms with Gasteiger partial charge in [0.05, 0.1) is 0 Å². The Bertz CT molecular complexity index is 435. The lowest BCUT2D eigenvalue weighted by Crippen LogP contribution is -2.23. The van der Waals surface area contributed by atoms with Crippen LogP contribution < -0.4 is 5.32 Å². The smallest absolute Gasteiger partial charge is 0.219 e. The second-order valence-electron chi connectivity index (χ2n) is 12.4. The fourth-order valence-electron chi connectivity index (χ4n) is 5.65. The Morgan fingerprint density at radius 2 is 0.579 bits per heavy atom. The number of amides is 1. The van der Waals surface area contributed by atoms with E-state index in [1.165, 1.54) is 186 Å². The van der Waals surface area contributed by atoms with E-state index >= 15 is 0 Å². The van der Waals surface area contributed by atoms with Crippen LogP contribution in [-0.2, 0) is 4.79 Å². The van der Waals surface area contributed by atoms with Crippen LogP contribution in [0.1, 0.15) is 219 Å². The molecule has 0 aliphatic rings. The maximum atomic E-state index is 12.0. The summed E-state index contributed by atoms with van der Waals surface area (Å²) in [6.07, 6.45) is 43.7. The van der Waals surface area contributed by atoms with E-state index in [0.717, 1.165) is 25.8 Å². The first kappa shape index (κ1) is 37.5. The molecule has 0 aliphatic carbocycles. The standard InChI is InChI=1S/C36H73NO/c1-3-5-7-9-11-13-15-17-19-20-21-22-24-26-28-30-32-34-36(38)37-35-33-31-29-27-25-23-18-16-14-12-10-8-6-4-2/h3-35H2,1-2H3,(H,37,38). The van der Waals surface area contributed by atoms with E-state index in [1.807, 2.05) is 0 Å². The molecule has 0 aromatic carbocycles. The molecule has 0 radical (unpaired) electrons. The molecule has 0 saturated heterocycles. The van der Waals surface area contributed by atoms with Gasteiger partial charge in [0.25, 0.3) is 0 Å². The maximum Gasteiger partial charge on any atom is 0.219 e. The highest BCUT2D eigenvalue weighted by molar-refractivity contribution is 5.75. The molecule has 0 spiro atoms. The molecule has 1 N–H and O–H groups in total. The Morgan fingerprint density at radius 3 is 0.868 bits per heavy atom. The van der Waals surface area contributed by atoms with Crippen molar-refractivity contribution >= 4 is 5.91 Å². The van der Waals surface area contributed by atoms with E-state index in [1.54, 1.807) is 0 Å². The van der Waals surface area contributed by atoms with E-state index in [9.17, 15) is 4.79 Å². The Labute approximate surface area is 241 Å². The van der Waals surface area contributed by atoms with Gasteiger partial charge >= 0.3 is 0 Å². The van der Waals surface area contributed by atoms with Crippen molar-refractivity contribution in [3.63, 3.8) is 0 Å². The van der Waals surface area contributed by atoms with E-state index in [0.29, 0.717) is 0 Å². The Morgan fingerprint density at radius 1 is 0.342 bits per heavy atom. The van der Waals surface area contributed by atoms with E-state index in [-0.39, 0.29) is 5.91 Å². The molecule has 0 aromatic rings. The van der Waals surface area contributed by atoms with Gasteiger partial charge in [-0.3, -0.25) is 4.79 Å². The largest absolute Gasteiger partial charge is 0.356 e. The van der Waals surface area contributed by atoms with Gasteiger partial charge in [0.1, 0.15) is 0 Å². The molecule has 228 valence electrons. The molecule has 0 rings (SSSR count). The number of nitrogens with one attached hydrogen (secondary N) is 1. The zero-order valence-corrected chi connectivity index (χ0v) is 26.7. The highest BCUT2D eigenvalue weighted by Gasteiger charge is 2.01. The highest BCUT2D eigenvalue weighted by Crippen LogP contribution is 2.15. The fraction of sp³-hybridized carbons (Fsp3) is 0.972. The molecule has 0 fully saturated rings. The number of unbranched alkanes of at least 4 members (excludes halogenated alkanes) is 29. The third-order valence-corrected chi connectivity index (χ3v) is 8.36. The minimum Gasteiger partial charge on any atom is -0.356 e. The van der Waals surface area contributed by atoms with Crippen LogP contribution in [-0.4, -0.2) is 12.5 Å². The van der Waals surface area contributed by atoms with Crippen LogP contribution in [0, 0.1) is 0 Å². The molecule has 2 heteroatoms. The van der Waals surface area contributed by atoms with Gasteiger partial charge in [-0.05, 0) is 12.8 Å². The first-order valence-corrected chi connectivity index (χ1v) is 18.1. The molecule has 0 unspecified atom stereocenters. The summed E-state index contributed by atoms with van der Waals surface area (Å²) >= 11 is 0. The second-order valence-corrected chi connectivity index (χ2v) is 12.4. The van der Waals surface area contributed by atoms with Crippen LogP contribution in [0.5, 0.6) is 0 Å². The van der Waals surface area contributed by atoms with Crippen molar-refractivity contribution in [3.05, 3.63) is 0 Å². The molecule has 0 aliphatic heterocycles. The third-order valence-electron chi connectivity index (χ3n) is 8.36. The zero-order chi connectivity index (χ0) is 27.6. The summed E-state index contributed by atoms with van der Waals surface area (Å²) in [5, 5.41) is 3.14. The summed E-state index contributed by atoms with van der Waals surface area (Å²) in [6.45, 7) is 5.47. The van der Waals surface area contributed by atoms with Crippen molar-refractivity contribution in [3.8, 4) is 0 Å². The van der Waals surface area contributed by atoms with Crippen LogP contribution >= 0.6 is 0 Å². The predicted octanol–water partition coefficient (Wildman–Crippen LogP) is 12.6. The average molecular weight is 536 g/mol. The molecule has 0 saturated carbocycles. The minimum atomic E-state index is 0.278. The van der Waals surface area contributed by atoms with Crippen molar-refractivity contribution in [1.29, 1.82) is 0 Å². The maximum absolute atomic E-state index is 12.0. The van der Waals surface area contributed by atoms with Crippen molar-refractivity contribution in [1.82, 2.24) is 5.32 Å².